The summed E-state index contributed by atoms with van der Waals surface area (Å²) in [5.74, 6) is -0.833. The fraction of sp³-hybridized carbons (Fsp3) is 0.320. The van der Waals surface area contributed by atoms with E-state index in [0.29, 0.717) is 22.5 Å². The number of nitrogens with one attached hydrogen (secondary N) is 2. The summed E-state index contributed by atoms with van der Waals surface area (Å²) in [5.41, 5.74) is -0.238. The molecular weight excluding hydrogens is 587 g/mol. The van der Waals surface area contributed by atoms with E-state index in [1.807, 2.05) is 0 Å². The highest BCUT2D eigenvalue weighted by Crippen LogP contribution is 2.28. The van der Waals surface area contributed by atoms with Crippen LogP contribution in [0.5, 0.6) is 5.75 Å². The molecule has 0 bridgehead atoms. The monoisotopic (exact) mass is 610 g/mol. The minimum atomic E-state index is -4.56. The van der Waals surface area contributed by atoms with E-state index >= 15 is 0 Å². The van der Waals surface area contributed by atoms with E-state index in [-0.39, 0.29) is 48.7 Å². The lowest BCUT2D eigenvalue weighted by atomic mass is 10.2. The van der Waals surface area contributed by atoms with Crippen molar-refractivity contribution in [2.45, 2.75) is 44.8 Å². The molecule has 4 rings (SSSR count). The van der Waals surface area contributed by atoms with E-state index in [2.05, 4.69) is 36.1 Å². The summed E-state index contributed by atoms with van der Waals surface area (Å²) in [7, 11) is 0. The lowest BCUT2D eigenvalue weighted by Crippen LogP contribution is -2.23. The molecule has 0 aliphatic heterocycles. The number of benzene rings is 1. The molecule has 0 radical (unpaired) electrons. The standard InChI is InChI=1S/C25H23F5N8O3S/c26-14-41-19-3-1-2-15(7-19)9-33-23(40)24-36-35-21(42-24)5-4-18(27)12-38-13-20(34-37-38)22(39)32-10-16-6-17(11-31-8-16)25(28,29)30/h1-3,6-8,11,13,18H,4-5,9-10,12,14H2,(H,32,39)(H,33,40). The molecule has 1 atom stereocenters. The first-order valence-corrected chi connectivity index (χ1v) is 13.1. The van der Waals surface area contributed by atoms with Crippen molar-refractivity contribution >= 4 is 23.2 Å². The number of aromatic nitrogens is 6. The molecule has 2 amide bonds. The number of ether oxygens (including phenoxy) is 1. The van der Waals surface area contributed by atoms with Crippen molar-refractivity contribution in [2.24, 2.45) is 0 Å². The molecule has 0 aliphatic carbocycles. The average Bonchev–Trinajstić information content (AvgIpc) is 3.64. The van der Waals surface area contributed by atoms with Crippen LogP contribution in [0, 0.1) is 0 Å². The first kappa shape index (κ1) is 30.4. The van der Waals surface area contributed by atoms with E-state index in [1.165, 1.54) is 12.4 Å². The highest BCUT2D eigenvalue weighted by molar-refractivity contribution is 7.13. The second kappa shape index (κ2) is 13.9. The lowest BCUT2D eigenvalue weighted by Gasteiger charge is -2.08. The van der Waals surface area contributed by atoms with Crippen molar-refractivity contribution in [2.75, 3.05) is 6.86 Å². The Morgan fingerprint density at radius 2 is 1.81 bits per heavy atom. The summed E-state index contributed by atoms with van der Waals surface area (Å²) in [5, 5.41) is 20.8. The summed E-state index contributed by atoms with van der Waals surface area (Å²) < 4.78 is 71.3. The van der Waals surface area contributed by atoms with Crippen molar-refractivity contribution in [3.63, 3.8) is 0 Å². The van der Waals surface area contributed by atoms with Crippen LogP contribution in [0.3, 0.4) is 0 Å². The molecule has 0 saturated carbocycles. The maximum absolute atomic E-state index is 14.6. The Morgan fingerprint density at radius 3 is 2.60 bits per heavy atom. The normalized spacial score (nSPS) is 12.1. The van der Waals surface area contributed by atoms with Gasteiger partial charge in [-0.15, -0.1) is 15.3 Å². The number of rotatable bonds is 13. The number of carbonyl (C=O) groups excluding carboxylic acids is 2. The maximum atomic E-state index is 14.6. The van der Waals surface area contributed by atoms with Gasteiger partial charge in [-0.25, -0.2) is 13.5 Å². The molecule has 2 N–H and O–H groups in total. The third kappa shape index (κ3) is 8.73. The first-order chi connectivity index (χ1) is 20.1. The molecule has 3 aromatic heterocycles. The van der Waals surface area contributed by atoms with Crippen LogP contribution in [0.15, 0.2) is 48.9 Å². The zero-order valence-electron chi connectivity index (χ0n) is 21.6. The van der Waals surface area contributed by atoms with E-state index < -0.39 is 36.6 Å². The van der Waals surface area contributed by atoms with E-state index in [9.17, 15) is 31.5 Å². The van der Waals surface area contributed by atoms with Crippen LogP contribution in [-0.4, -0.2) is 55.0 Å². The van der Waals surface area contributed by atoms with Gasteiger partial charge in [-0.2, -0.15) is 13.2 Å². The van der Waals surface area contributed by atoms with Gasteiger partial charge >= 0.3 is 6.18 Å². The molecule has 0 spiro atoms. The Balaban J connectivity index is 1.20. The van der Waals surface area contributed by atoms with Crippen molar-refractivity contribution in [3.8, 4) is 5.75 Å². The molecule has 0 aliphatic rings. The van der Waals surface area contributed by atoms with Crippen molar-refractivity contribution in [3.05, 3.63) is 81.3 Å². The van der Waals surface area contributed by atoms with E-state index in [0.717, 1.165) is 22.1 Å². The Hall–Kier alpha value is -4.54. The number of amides is 2. The van der Waals surface area contributed by atoms with Crippen LogP contribution in [-0.2, 0) is 32.2 Å². The SMILES string of the molecule is O=C(NCc1cncc(C(F)(F)F)c1)c1cn(CC(F)CCc2nnc(C(=O)NCc3cccc(OCF)c3)s2)nn1. The van der Waals surface area contributed by atoms with Gasteiger partial charge in [0.25, 0.3) is 11.8 Å². The van der Waals surface area contributed by atoms with E-state index in [4.69, 9.17) is 4.74 Å². The molecule has 0 saturated heterocycles. The predicted molar refractivity (Wildman–Crippen MR) is 138 cm³/mol. The number of aryl methyl sites for hydroxylation is 1. The number of hydrogen-bond acceptors (Lipinski definition) is 9. The largest absolute Gasteiger partial charge is 0.463 e. The lowest BCUT2D eigenvalue weighted by molar-refractivity contribution is -0.137. The summed E-state index contributed by atoms with van der Waals surface area (Å²) in [6.45, 7) is -1.24. The molecular formula is C25H23F5N8O3S. The quantitative estimate of drug-likeness (QED) is 0.219. The number of pyridine rings is 1. The summed E-state index contributed by atoms with van der Waals surface area (Å²) in [6.07, 6.45) is -2.63. The van der Waals surface area contributed by atoms with Crippen LogP contribution in [0.25, 0.3) is 0 Å². The highest BCUT2D eigenvalue weighted by Gasteiger charge is 2.31. The Morgan fingerprint density at radius 1 is 1.02 bits per heavy atom. The fourth-order valence-corrected chi connectivity index (χ4v) is 4.36. The topological polar surface area (TPSA) is 137 Å². The Kier molecular flexibility index (Phi) is 10.1. The van der Waals surface area contributed by atoms with Gasteiger partial charge in [0.05, 0.1) is 18.3 Å². The Bertz CT molecular complexity index is 1510. The second-order valence-electron chi connectivity index (χ2n) is 8.81. The smallest absolute Gasteiger partial charge is 0.417 e. The third-order valence-corrected chi connectivity index (χ3v) is 6.62. The molecule has 11 nitrogen and oxygen atoms in total. The third-order valence-electron chi connectivity index (χ3n) is 5.64. The molecule has 1 aromatic carbocycles. The number of hydrogen-bond donors (Lipinski definition) is 2. The molecule has 17 heteroatoms. The van der Waals surface area contributed by atoms with Crippen LogP contribution in [0.2, 0.25) is 0 Å². The summed E-state index contributed by atoms with van der Waals surface area (Å²) in [4.78, 5) is 28.2. The average molecular weight is 611 g/mol. The fourth-order valence-electron chi connectivity index (χ4n) is 3.59. The molecule has 1 unspecified atom stereocenters. The summed E-state index contributed by atoms with van der Waals surface area (Å²) in [6, 6.07) is 7.46. The molecule has 4 aromatic rings. The van der Waals surface area contributed by atoms with Gasteiger partial charge < -0.3 is 15.4 Å². The van der Waals surface area contributed by atoms with Gasteiger partial charge in [0.15, 0.2) is 5.69 Å². The zero-order chi connectivity index (χ0) is 30.1. The number of alkyl halides is 5. The van der Waals surface area contributed by atoms with Crippen molar-refractivity contribution < 1.29 is 36.3 Å². The van der Waals surface area contributed by atoms with Gasteiger partial charge in [-0.05, 0) is 35.7 Å². The number of halogens is 5. The first-order valence-electron chi connectivity index (χ1n) is 12.3. The van der Waals surface area contributed by atoms with Crippen molar-refractivity contribution in [1.29, 1.82) is 0 Å². The minimum absolute atomic E-state index is 0.0293. The minimum Gasteiger partial charge on any atom is -0.463 e. The van der Waals surface area contributed by atoms with Gasteiger partial charge in [0, 0.05) is 31.9 Å². The van der Waals surface area contributed by atoms with Crippen molar-refractivity contribution in [1.82, 2.24) is 40.8 Å². The molecule has 3 heterocycles. The molecule has 42 heavy (non-hydrogen) atoms. The number of carbonyl (C=O) groups is 2. The van der Waals surface area contributed by atoms with Gasteiger partial charge in [0.2, 0.25) is 11.9 Å². The van der Waals surface area contributed by atoms with Gasteiger partial charge in [-0.1, -0.05) is 28.7 Å². The Labute approximate surface area is 239 Å². The predicted octanol–water partition coefficient (Wildman–Crippen LogP) is 3.68. The maximum Gasteiger partial charge on any atom is 0.417 e. The van der Waals surface area contributed by atoms with Crippen LogP contribution in [0.4, 0.5) is 22.0 Å². The molecule has 0 fully saturated rings. The second-order valence-corrected chi connectivity index (χ2v) is 9.87. The van der Waals surface area contributed by atoms with Crippen LogP contribution in [0.1, 0.15) is 48.4 Å². The van der Waals surface area contributed by atoms with Gasteiger partial charge in [0.1, 0.15) is 16.9 Å². The zero-order valence-corrected chi connectivity index (χ0v) is 22.5. The van der Waals surface area contributed by atoms with E-state index in [1.54, 1.807) is 24.3 Å². The number of nitrogens with zero attached hydrogens (tertiary/aromatic N) is 6. The highest BCUT2D eigenvalue weighted by atomic mass is 32.1. The van der Waals surface area contributed by atoms with Gasteiger partial charge in [-0.3, -0.25) is 14.6 Å². The molecule has 222 valence electrons. The van der Waals surface area contributed by atoms with Crippen LogP contribution >= 0.6 is 11.3 Å². The summed E-state index contributed by atoms with van der Waals surface area (Å²) >= 11 is 1.02. The van der Waals surface area contributed by atoms with Crippen LogP contribution < -0.4 is 15.4 Å².